The maximum absolute atomic E-state index is 12.6. The number of amides is 2. The Labute approximate surface area is 154 Å². The van der Waals surface area contributed by atoms with E-state index in [1.807, 2.05) is 35.2 Å². The largest absolute Gasteiger partial charge is 0.352 e. The minimum atomic E-state index is -0.199. The van der Waals surface area contributed by atoms with Crippen LogP contribution in [-0.2, 0) is 6.42 Å². The van der Waals surface area contributed by atoms with Crippen LogP contribution in [0.2, 0.25) is 0 Å². The normalized spacial score (nSPS) is 14.9. The van der Waals surface area contributed by atoms with Crippen LogP contribution >= 0.6 is 0 Å². The molecule has 1 fully saturated rings. The van der Waals surface area contributed by atoms with Gasteiger partial charge in [0.2, 0.25) is 0 Å². The first kappa shape index (κ1) is 18.1. The van der Waals surface area contributed by atoms with Crippen LogP contribution in [0.5, 0.6) is 0 Å². The van der Waals surface area contributed by atoms with Crippen LogP contribution in [0.15, 0.2) is 48.8 Å². The zero-order valence-electron chi connectivity index (χ0n) is 15.1. The molecule has 3 rings (SSSR count). The molecule has 1 aromatic carbocycles. The molecule has 0 saturated carbocycles. The Morgan fingerprint density at radius 1 is 1.12 bits per heavy atom. The van der Waals surface area contributed by atoms with Crippen LogP contribution in [0.25, 0.3) is 0 Å². The maximum Gasteiger partial charge on any atom is 0.255 e. The highest BCUT2D eigenvalue weighted by Gasteiger charge is 2.22. The van der Waals surface area contributed by atoms with E-state index in [2.05, 4.69) is 17.2 Å². The first-order valence-electron chi connectivity index (χ1n) is 9.20. The Hall–Kier alpha value is -2.69. The second kappa shape index (κ2) is 8.61. The molecule has 0 unspecified atom stereocenters. The van der Waals surface area contributed by atoms with Gasteiger partial charge in [0.25, 0.3) is 11.8 Å². The van der Waals surface area contributed by atoms with Crippen molar-refractivity contribution in [3.8, 4) is 0 Å². The summed E-state index contributed by atoms with van der Waals surface area (Å²) in [5.41, 5.74) is 2.08. The van der Waals surface area contributed by atoms with E-state index >= 15 is 0 Å². The summed E-state index contributed by atoms with van der Waals surface area (Å²) in [6, 6.07) is 11.7. The van der Waals surface area contributed by atoms with Gasteiger partial charge in [-0.1, -0.05) is 37.3 Å². The van der Waals surface area contributed by atoms with Gasteiger partial charge in [-0.05, 0) is 36.8 Å². The van der Waals surface area contributed by atoms with E-state index in [-0.39, 0.29) is 11.8 Å². The van der Waals surface area contributed by atoms with Gasteiger partial charge in [0.15, 0.2) is 0 Å². The molecule has 1 N–H and O–H groups in total. The molecule has 1 aromatic heterocycles. The van der Waals surface area contributed by atoms with Crippen molar-refractivity contribution in [2.45, 2.75) is 26.2 Å². The topological polar surface area (TPSA) is 62.3 Å². The van der Waals surface area contributed by atoms with Gasteiger partial charge in [-0.15, -0.1) is 0 Å². The van der Waals surface area contributed by atoms with E-state index in [1.165, 1.54) is 11.8 Å². The third-order valence-corrected chi connectivity index (χ3v) is 4.86. The van der Waals surface area contributed by atoms with Crippen LogP contribution in [0.4, 0.5) is 0 Å². The fraction of sp³-hybridized carbons (Fsp3) is 0.381. The van der Waals surface area contributed by atoms with Crippen LogP contribution in [0.1, 0.15) is 46.0 Å². The molecule has 0 bridgehead atoms. The van der Waals surface area contributed by atoms with Gasteiger partial charge in [-0.3, -0.25) is 14.6 Å². The summed E-state index contributed by atoms with van der Waals surface area (Å²) in [6.45, 7) is 4.30. The second-order valence-corrected chi connectivity index (χ2v) is 6.93. The lowest BCUT2D eigenvalue weighted by Crippen LogP contribution is -2.38. The van der Waals surface area contributed by atoms with Gasteiger partial charge in [0.05, 0.1) is 11.1 Å². The summed E-state index contributed by atoms with van der Waals surface area (Å²) in [5, 5.41) is 2.90. The number of nitrogens with one attached hydrogen (secondary N) is 1. The number of benzene rings is 1. The van der Waals surface area contributed by atoms with Crippen molar-refractivity contribution < 1.29 is 9.59 Å². The number of likely N-dealkylation sites (tertiary alicyclic amines) is 1. The Kier molecular flexibility index (Phi) is 6.00. The number of piperidine rings is 1. The van der Waals surface area contributed by atoms with Gasteiger partial charge in [0, 0.05) is 32.0 Å². The first-order chi connectivity index (χ1) is 12.6. The summed E-state index contributed by atoms with van der Waals surface area (Å²) < 4.78 is 0. The van der Waals surface area contributed by atoms with Crippen molar-refractivity contribution in [2.75, 3.05) is 19.6 Å². The molecule has 0 spiro atoms. The number of aromatic nitrogens is 1. The molecule has 2 heterocycles. The number of hydrogen-bond acceptors (Lipinski definition) is 3. The quantitative estimate of drug-likeness (QED) is 0.901. The zero-order chi connectivity index (χ0) is 18.4. The van der Waals surface area contributed by atoms with Gasteiger partial charge in [-0.25, -0.2) is 0 Å². The van der Waals surface area contributed by atoms with Gasteiger partial charge >= 0.3 is 0 Å². The number of pyridine rings is 1. The fourth-order valence-corrected chi connectivity index (χ4v) is 3.14. The first-order valence-corrected chi connectivity index (χ1v) is 9.20. The lowest BCUT2D eigenvalue weighted by molar-refractivity contribution is 0.0697. The van der Waals surface area contributed by atoms with Crippen LogP contribution in [-0.4, -0.2) is 41.3 Å². The third-order valence-electron chi connectivity index (χ3n) is 4.86. The van der Waals surface area contributed by atoms with Crippen molar-refractivity contribution >= 4 is 11.8 Å². The molecule has 136 valence electrons. The SMILES string of the molecule is CC1CCN(C(=O)c2cncc(C(=O)NCCc3ccccc3)c2)CC1. The number of rotatable bonds is 5. The van der Waals surface area contributed by atoms with E-state index < -0.39 is 0 Å². The zero-order valence-corrected chi connectivity index (χ0v) is 15.1. The molecular formula is C21H25N3O2. The molecule has 5 heteroatoms. The van der Waals surface area contributed by atoms with Gasteiger partial charge in [-0.2, -0.15) is 0 Å². The predicted molar refractivity (Wildman–Crippen MR) is 101 cm³/mol. The predicted octanol–water partition coefficient (Wildman–Crippen LogP) is 2.93. The smallest absolute Gasteiger partial charge is 0.255 e. The van der Waals surface area contributed by atoms with Crippen molar-refractivity contribution in [3.63, 3.8) is 0 Å². The minimum absolute atomic E-state index is 0.0386. The summed E-state index contributed by atoms with van der Waals surface area (Å²) in [6.07, 6.45) is 5.87. The van der Waals surface area contributed by atoms with E-state index in [0.29, 0.717) is 23.6 Å². The summed E-state index contributed by atoms with van der Waals surface area (Å²) in [5.74, 6) is 0.428. The number of carbonyl (C=O) groups is 2. The molecule has 0 aliphatic carbocycles. The highest BCUT2D eigenvalue weighted by Crippen LogP contribution is 2.18. The monoisotopic (exact) mass is 351 g/mol. The molecule has 2 amide bonds. The maximum atomic E-state index is 12.6. The molecule has 5 nitrogen and oxygen atoms in total. The summed E-state index contributed by atoms with van der Waals surface area (Å²) in [7, 11) is 0. The molecule has 2 aromatic rings. The summed E-state index contributed by atoms with van der Waals surface area (Å²) in [4.78, 5) is 30.9. The lowest BCUT2D eigenvalue weighted by Gasteiger charge is -2.30. The Morgan fingerprint density at radius 2 is 1.81 bits per heavy atom. The van der Waals surface area contributed by atoms with Crippen molar-refractivity contribution in [1.82, 2.24) is 15.2 Å². The molecule has 0 atom stereocenters. The molecular weight excluding hydrogens is 326 g/mol. The van der Waals surface area contributed by atoms with Gasteiger partial charge in [0.1, 0.15) is 0 Å². The second-order valence-electron chi connectivity index (χ2n) is 6.93. The van der Waals surface area contributed by atoms with E-state index in [1.54, 1.807) is 12.3 Å². The Morgan fingerprint density at radius 3 is 2.54 bits per heavy atom. The van der Waals surface area contributed by atoms with E-state index in [0.717, 1.165) is 32.4 Å². The third kappa shape index (κ3) is 4.69. The number of nitrogens with zero attached hydrogens (tertiary/aromatic N) is 2. The average molecular weight is 351 g/mol. The lowest BCUT2D eigenvalue weighted by atomic mass is 9.98. The van der Waals surface area contributed by atoms with E-state index in [4.69, 9.17) is 0 Å². The van der Waals surface area contributed by atoms with Crippen LogP contribution < -0.4 is 5.32 Å². The molecule has 1 aliphatic rings. The fourth-order valence-electron chi connectivity index (χ4n) is 3.14. The highest BCUT2D eigenvalue weighted by atomic mass is 16.2. The average Bonchev–Trinajstić information content (AvgIpc) is 2.69. The van der Waals surface area contributed by atoms with Crippen molar-refractivity contribution in [1.29, 1.82) is 0 Å². The number of carbonyl (C=O) groups excluding carboxylic acids is 2. The molecule has 0 radical (unpaired) electrons. The van der Waals surface area contributed by atoms with Crippen molar-refractivity contribution in [2.24, 2.45) is 5.92 Å². The van der Waals surface area contributed by atoms with Gasteiger partial charge < -0.3 is 10.2 Å². The Bertz CT molecular complexity index is 753. The highest BCUT2D eigenvalue weighted by molar-refractivity contribution is 5.99. The molecule has 1 saturated heterocycles. The summed E-state index contributed by atoms with van der Waals surface area (Å²) >= 11 is 0. The molecule has 26 heavy (non-hydrogen) atoms. The standard InChI is InChI=1S/C21H25N3O2/c1-16-8-11-24(12-9-16)21(26)19-13-18(14-22-15-19)20(25)23-10-7-17-5-3-2-4-6-17/h2-6,13-16H,7-12H2,1H3,(H,23,25). The Balaban J connectivity index is 1.57. The minimum Gasteiger partial charge on any atom is -0.352 e. The van der Waals surface area contributed by atoms with Crippen LogP contribution in [0, 0.1) is 5.92 Å². The van der Waals surface area contributed by atoms with E-state index in [9.17, 15) is 9.59 Å². The molecule has 1 aliphatic heterocycles. The van der Waals surface area contributed by atoms with Crippen LogP contribution in [0.3, 0.4) is 0 Å². The van der Waals surface area contributed by atoms with Crippen molar-refractivity contribution in [3.05, 3.63) is 65.5 Å². The number of hydrogen-bond donors (Lipinski definition) is 1.